The fourth-order valence-corrected chi connectivity index (χ4v) is 2.05. The van der Waals surface area contributed by atoms with Gasteiger partial charge in [-0.05, 0) is 18.7 Å². The number of rotatable bonds is 7. The van der Waals surface area contributed by atoms with Crippen LogP contribution in [0, 0.1) is 5.82 Å². The fourth-order valence-electron chi connectivity index (χ4n) is 2.05. The minimum absolute atomic E-state index is 0. The van der Waals surface area contributed by atoms with Gasteiger partial charge in [-0.15, -0.1) is 12.4 Å². The summed E-state index contributed by atoms with van der Waals surface area (Å²) in [6, 6.07) is 12.3. The molecule has 0 aliphatic heterocycles. The van der Waals surface area contributed by atoms with E-state index in [0.717, 1.165) is 12.1 Å². The van der Waals surface area contributed by atoms with E-state index in [-0.39, 0.29) is 24.8 Å². The van der Waals surface area contributed by atoms with E-state index in [4.69, 9.17) is 9.47 Å². The summed E-state index contributed by atoms with van der Waals surface area (Å²) >= 11 is 0. The number of halogens is 2. The molecule has 0 unspecified atom stereocenters. The molecule has 0 bridgehead atoms. The van der Waals surface area contributed by atoms with Crippen LogP contribution in [0.2, 0.25) is 0 Å². The zero-order valence-electron chi connectivity index (χ0n) is 12.8. The maximum atomic E-state index is 13.7. The van der Waals surface area contributed by atoms with Crippen molar-refractivity contribution in [2.45, 2.75) is 20.1 Å². The second-order valence-electron chi connectivity index (χ2n) is 4.61. The molecule has 0 aliphatic carbocycles. The smallest absolute Gasteiger partial charge is 0.166 e. The van der Waals surface area contributed by atoms with Crippen molar-refractivity contribution in [2.24, 2.45) is 0 Å². The Hall–Kier alpha value is -1.78. The maximum Gasteiger partial charge on any atom is 0.166 e. The molecule has 0 atom stereocenters. The molecular formula is C17H21ClFNO2. The molecule has 2 aromatic carbocycles. The number of nitrogens with one attached hydrogen (secondary N) is 1. The first kappa shape index (κ1) is 18.3. The van der Waals surface area contributed by atoms with Gasteiger partial charge >= 0.3 is 0 Å². The first-order valence-electron chi connectivity index (χ1n) is 6.99. The Morgan fingerprint density at radius 1 is 1.05 bits per heavy atom. The molecule has 5 heteroatoms. The summed E-state index contributed by atoms with van der Waals surface area (Å²) in [7, 11) is 1.60. The van der Waals surface area contributed by atoms with Gasteiger partial charge in [-0.25, -0.2) is 4.39 Å². The predicted molar refractivity (Wildman–Crippen MR) is 88.4 cm³/mol. The van der Waals surface area contributed by atoms with Crippen LogP contribution in [0.1, 0.15) is 18.1 Å². The van der Waals surface area contributed by atoms with Gasteiger partial charge in [0.15, 0.2) is 11.5 Å². The summed E-state index contributed by atoms with van der Waals surface area (Å²) in [4.78, 5) is 0. The molecule has 0 fully saturated rings. The van der Waals surface area contributed by atoms with E-state index in [1.54, 1.807) is 25.3 Å². The van der Waals surface area contributed by atoms with E-state index in [1.807, 2.05) is 25.1 Å². The van der Waals surface area contributed by atoms with Crippen LogP contribution in [-0.2, 0) is 13.2 Å². The summed E-state index contributed by atoms with van der Waals surface area (Å²) in [6.07, 6.45) is 0. The highest BCUT2D eigenvalue weighted by molar-refractivity contribution is 5.85. The normalized spacial score (nSPS) is 9.95. The average Bonchev–Trinajstić information content (AvgIpc) is 2.52. The van der Waals surface area contributed by atoms with Crippen LogP contribution in [0.25, 0.3) is 0 Å². The quantitative estimate of drug-likeness (QED) is 0.836. The highest BCUT2D eigenvalue weighted by Crippen LogP contribution is 2.32. The molecule has 0 saturated heterocycles. The van der Waals surface area contributed by atoms with Gasteiger partial charge in [0, 0.05) is 17.7 Å². The summed E-state index contributed by atoms with van der Waals surface area (Å²) < 4.78 is 24.8. The van der Waals surface area contributed by atoms with Crippen molar-refractivity contribution in [3.8, 4) is 11.5 Å². The zero-order valence-corrected chi connectivity index (χ0v) is 13.6. The average molecular weight is 326 g/mol. The summed E-state index contributed by atoms with van der Waals surface area (Å²) in [6.45, 7) is 3.76. The highest BCUT2D eigenvalue weighted by atomic mass is 35.5. The predicted octanol–water partition coefficient (Wildman–Crippen LogP) is 3.94. The van der Waals surface area contributed by atoms with Crippen molar-refractivity contribution >= 4 is 12.4 Å². The minimum atomic E-state index is -0.263. The van der Waals surface area contributed by atoms with E-state index < -0.39 is 0 Å². The third kappa shape index (κ3) is 4.61. The third-order valence-corrected chi connectivity index (χ3v) is 3.18. The molecule has 0 aromatic heterocycles. The Labute approximate surface area is 136 Å². The Balaban J connectivity index is 0.00000242. The lowest BCUT2D eigenvalue weighted by molar-refractivity contribution is 0.276. The van der Waals surface area contributed by atoms with Crippen LogP contribution in [0.5, 0.6) is 11.5 Å². The number of para-hydroxylation sites is 1. The lowest BCUT2D eigenvalue weighted by atomic mass is 10.1. The molecule has 0 radical (unpaired) electrons. The number of ether oxygens (including phenoxy) is 2. The van der Waals surface area contributed by atoms with Crippen molar-refractivity contribution in [1.29, 1.82) is 0 Å². The highest BCUT2D eigenvalue weighted by Gasteiger charge is 2.11. The molecule has 0 saturated carbocycles. The SMILES string of the molecule is CCNCc1cccc(OC)c1OCc1ccccc1F.Cl. The van der Waals surface area contributed by atoms with Crippen LogP contribution in [0.3, 0.4) is 0 Å². The van der Waals surface area contributed by atoms with Crippen LogP contribution in [-0.4, -0.2) is 13.7 Å². The molecule has 2 aromatic rings. The second kappa shape index (κ2) is 9.28. The van der Waals surface area contributed by atoms with E-state index >= 15 is 0 Å². The maximum absolute atomic E-state index is 13.7. The van der Waals surface area contributed by atoms with Gasteiger partial charge in [0.05, 0.1) is 7.11 Å². The van der Waals surface area contributed by atoms with Gasteiger partial charge < -0.3 is 14.8 Å². The molecule has 0 aliphatic rings. The van der Waals surface area contributed by atoms with Crippen LogP contribution in [0.4, 0.5) is 4.39 Å². The second-order valence-corrected chi connectivity index (χ2v) is 4.61. The summed E-state index contributed by atoms with van der Waals surface area (Å²) in [5.41, 5.74) is 1.52. The molecule has 1 N–H and O–H groups in total. The molecular weight excluding hydrogens is 305 g/mol. The van der Waals surface area contributed by atoms with Gasteiger partial charge in [0.2, 0.25) is 0 Å². The number of hydrogen-bond acceptors (Lipinski definition) is 3. The lowest BCUT2D eigenvalue weighted by Crippen LogP contribution is -2.13. The van der Waals surface area contributed by atoms with Crippen molar-refractivity contribution in [1.82, 2.24) is 5.32 Å². The number of methoxy groups -OCH3 is 1. The number of hydrogen-bond donors (Lipinski definition) is 1. The van der Waals surface area contributed by atoms with E-state index in [9.17, 15) is 4.39 Å². The van der Waals surface area contributed by atoms with Crippen LogP contribution >= 0.6 is 12.4 Å². The van der Waals surface area contributed by atoms with Crippen LogP contribution in [0.15, 0.2) is 42.5 Å². The first-order valence-corrected chi connectivity index (χ1v) is 6.99. The molecule has 0 spiro atoms. The van der Waals surface area contributed by atoms with Crippen molar-refractivity contribution in [3.05, 3.63) is 59.4 Å². The van der Waals surface area contributed by atoms with Crippen LogP contribution < -0.4 is 14.8 Å². The molecule has 3 nitrogen and oxygen atoms in total. The Morgan fingerprint density at radius 2 is 1.77 bits per heavy atom. The van der Waals surface area contributed by atoms with Gasteiger partial charge in [-0.3, -0.25) is 0 Å². The topological polar surface area (TPSA) is 30.5 Å². The molecule has 2 rings (SSSR count). The summed E-state index contributed by atoms with van der Waals surface area (Å²) in [5.74, 6) is 1.05. The van der Waals surface area contributed by atoms with Gasteiger partial charge in [0.25, 0.3) is 0 Å². The monoisotopic (exact) mass is 325 g/mol. The largest absolute Gasteiger partial charge is 0.493 e. The zero-order chi connectivity index (χ0) is 15.1. The van der Waals surface area contributed by atoms with E-state index in [2.05, 4.69) is 5.32 Å². The van der Waals surface area contributed by atoms with Crippen molar-refractivity contribution in [2.75, 3.05) is 13.7 Å². The molecule has 0 heterocycles. The Kier molecular flexibility index (Phi) is 7.71. The standard InChI is InChI=1S/C17H20FNO2.ClH/c1-3-19-11-13-8-6-10-16(20-2)17(13)21-12-14-7-4-5-9-15(14)18;/h4-10,19H,3,11-12H2,1-2H3;1H. The molecule has 0 amide bonds. The number of benzene rings is 2. The van der Waals surface area contributed by atoms with E-state index in [0.29, 0.717) is 23.6 Å². The fraction of sp³-hybridized carbons (Fsp3) is 0.294. The van der Waals surface area contributed by atoms with Gasteiger partial charge in [-0.1, -0.05) is 37.3 Å². The van der Waals surface area contributed by atoms with Gasteiger partial charge in [-0.2, -0.15) is 0 Å². The van der Waals surface area contributed by atoms with E-state index in [1.165, 1.54) is 6.07 Å². The lowest BCUT2D eigenvalue weighted by Gasteiger charge is -2.15. The van der Waals surface area contributed by atoms with Gasteiger partial charge in [0.1, 0.15) is 12.4 Å². The Bertz CT molecular complexity index is 593. The Morgan fingerprint density at radius 3 is 2.45 bits per heavy atom. The van der Waals surface area contributed by atoms with Crippen molar-refractivity contribution in [3.63, 3.8) is 0 Å². The minimum Gasteiger partial charge on any atom is -0.493 e. The third-order valence-electron chi connectivity index (χ3n) is 3.18. The summed E-state index contributed by atoms with van der Waals surface area (Å²) in [5, 5.41) is 3.26. The molecule has 120 valence electrons. The molecule has 22 heavy (non-hydrogen) atoms. The van der Waals surface area contributed by atoms with Crippen molar-refractivity contribution < 1.29 is 13.9 Å². The first-order chi connectivity index (χ1) is 10.3.